The summed E-state index contributed by atoms with van der Waals surface area (Å²) in [5.41, 5.74) is 1.42. The summed E-state index contributed by atoms with van der Waals surface area (Å²) < 4.78 is 10.3. The molecule has 0 aliphatic carbocycles. The molecule has 1 aromatic carbocycles. The van der Waals surface area contributed by atoms with Crippen LogP contribution in [0.15, 0.2) is 48.8 Å². The van der Waals surface area contributed by atoms with E-state index in [0.717, 1.165) is 5.56 Å². The molecule has 0 radical (unpaired) electrons. The highest BCUT2D eigenvalue weighted by Crippen LogP contribution is 2.25. The molecule has 0 bridgehead atoms. The topological polar surface area (TPSA) is 48.4 Å². The van der Waals surface area contributed by atoms with E-state index in [1.165, 1.54) is 13.2 Å². The van der Waals surface area contributed by atoms with Crippen molar-refractivity contribution in [1.82, 2.24) is 4.98 Å². The van der Waals surface area contributed by atoms with Crippen LogP contribution in [0.4, 0.5) is 0 Å². The number of pyridine rings is 1. The summed E-state index contributed by atoms with van der Waals surface area (Å²) in [6, 6.07) is 8.77. The lowest BCUT2D eigenvalue weighted by Gasteiger charge is -2.07. The van der Waals surface area contributed by atoms with Crippen molar-refractivity contribution in [1.29, 1.82) is 0 Å². The Kier molecular flexibility index (Phi) is 4.50. The molecule has 0 amide bonds. The van der Waals surface area contributed by atoms with Gasteiger partial charge < -0.3 is 9.47 Å². The van der Waals surface area contributed by atoms with Crippen LogP contribution in [0.1, 0.15) is 15.9 Å². The monoisotopic (exact) mass is 269 g/mol. The predicted molar refractivity (Wildman–Crippen MR) is 77.1 cm³/mol. The van der Waals surface area contributed by atoms with Crippen LogP contribution in [0, 0.1) is 0 Å². The van der Waals surface area contributed by atoms with Gasteiger partial charge in [-0.25, -0.2) is 0 Å². The summed E-state index contributed by atoms with van der Waals surface area (Å²) in [5.74, 6) is 1.02. The summed E-state index contributed by atoms with van der Waals surface area (Å²) in [6.07, 6.45) is 6.61. The Labute approximate surface area is 117 Å². The number of allylic oxidation sites excluding steroid dienone is 1. The molecule has 0 spiro atoms. The lowest BCUT2D eigenvalue weighted by Crippen LogP contribution is -1.99. The smallest absolute Gasteiger partial charge is 0.189 e. The van der Waals surface area contributed by atoms with Crippen molar-refractivity contribution in [3.8, 4) is 11.5 Å². The molecule has 1 aromatic heterocycles. The maximum atomic E-state index is 12.2. The Morgan fingerprint density at radius 1 is 1.10 bits per heavy atom. The Bertz CT molecular complexity index is 621. The zero-order valence-corrected chi connectivity index (χ0v) is 11.4. The molecule has 0 saturated carbocycles. The fourth-order valence-electron chi connectivity index (χ4n) is 1.74. The van der Waals surface area contributed by atoms with Crippen LogP contribution < -0.4 is 9.47 Å². The highest BCUT2D eigenvalue weighted by molar-refractivity contribution is 6.08. The highest BCUT2D eigenvalue weighted by atomic mass is 16.5. The number of nitrogens with zero attached hydrogens (tertiary/aromatic N) is 1. The average Bonchev–Trinajstić information content (AvgIpc) is 2.52. The van der Waals surface area contributed by atoms with Gasteiger partial charge in [-0.1, -0.05) is 6.08 Å². The number of rotatable bonds is 5. The normalized spacial score (nSPS) is 10.5. The Morgan fingerprint density at radius 3 is 2.50 bits per heavy atom. The number of hydrogen-bond donors (Lipinski definition) is 0. The molecule has 4 nitrogen and oxygen atoms in total. The molecule has 0 aliphatic rings. The first kappa shape index (κ1) is 13.8. The maximum absolute atomic E-state index is 12.2. The second-order valence-corrected chi connectivity index (χ2v) is 4.04. The molecular formula is C16H15NO3. The molecule has 20 heavy (non-hydrogen) atoms. The van der Waals surface area contributed by atoms with E-state index < -0.39 is 0 Å². The number of hydrogen-bond acceptors (Lipinski definition) is 4. The SMILES string of the molecule is COc1ccc(C(=O)/C=C/c2ccncc2)c(OC)c1. The predicted octanol–water partition coefficient (Wildman–Crippen LogP) is 2.99. The van der Waals surface area contributed by atoms with E-state index in [9.17, 15) is 4.79 Å². The molecular weight excluding hydrogens is 254 g/mol. The molecule has 4 heteroatoms. The number of carbonyl (C=O) groups excluding carboxylic acids is 1. The minimum absolute atomic E-state index is 0.124. The van der Waals surface area contributed by atoms with Crippen molar-refractivity contribution in [2.24, 2.45) is 0 Å². The van der Waals surface area contributed by atoms with Crippen LogP contribution in [0.5, 0.6) is 11.5 Å². The van der Waals surface area contributed by atoms with Crippen LogP contribution in [0.3, 0.4) is 0 Å². The first-order valence-corrected chi connectivity index (χ1v) is 6.09. The van der Waals surface area contributed by atoms with Gasteiger partial charge >= 0.3 is 0 Å². The molecule has 2 aromatic rings. The number of aromatic nitrogens is 1. The van der Waals surface area contributed by atoms with E-state index in [2.05, 4.69) is 4.98 Å². The van der Waals surface area contributed by atoms with Crippen LogP contribution >= 0.6 is 0 Å². The second-order valence-electron chi connectivity index (χ2n) is 4.04. The summed E-state index contributed by atoms with van der Waals surface area (Å²) in [7, 11) is 3.09. The van der Waals surface area contributed by atoms with Gasteiger partial charge in [0.1, 0.15) is 11.5 Å². The summed E-state index contributed by atoms with van der Waals surface area (Å²) in [4.78, 5) is 16.1. The summed E-state index contributed by atoms with van der Waals surface area (Å²) in [5, 5.41) is 0. The van der Waals surface area contributed by atoms with Gasteiger partial charge in [0.15, 0.2) is 5.78 Å². The minimum Gasteiger partial charge on any atom is -0.497 e. The third kappa shape index (κ3) is 3.23. The van der Waals surface area contributed by atoms with E-state index in [1.54, 1.807) is 43.8 Å². The van der Waals surface area contributed by atoms with Crippen LogP contribution in [0.2, 0.25) is 0 Å². The zero-order valence-electron chi connectivity index (χ0n) is 11.4. The van der Waals surface area contributed by atoms with Crippen molar-refractivity contribution in [3.05, 3.63) is 59.9 Å². The zero-order chi connectivity index (χ0) is 14.4. The van der Waals surface area contributed by atoms with Gasteiger partial charge in [-0.2, -0.15) is 0 Å². The third-order valence-electron chi connectivity index (χ3n) is 2.81. The van der Waals surface area contributed by atoms with Gasteiger partial charge in [0.05, 0.1) is 19.8 Å². The lowest BCUT2D eigenvalue weighted by atomic mass is 10.1. The van der Waals surface area contributed by atoms with E-state index in [4.69, 9.17) is 9.47 Å². The van der Waals surface area contributed by atoms with E-state index in [-0.39, 0.29) is 5.78 Å². The highest BCUT2D eigenvalue weighted by Gasteiger charge is 2.10. The Morgan fingerprint density at radius 2 is 1.85 bits per heavy atom. The van der Waals surface area contributed by atoms with Crippen molar-refractivity contribution in [2.75, 3.05) is 14.2 Å². The average molecular weight is 269 g/mol. The number of benzene rings is 1. The van der Waals surface area contributed by atoms with Gasteiger partial charge in [0, 0.05) is 18.5 Å². The van der Waals surface area contributed by atoms with Gasteiger partial charge in [-0.3, -0.25) is 9.78 Å². The lowest BCUT2D eigenvalue weighted by molar-refractivity contribution is 0.104. The quantitative estimate of drug-likeness (QED) is 0.618. The van der Waals surface area contributed by atoms with Crippen molar-refractivity contribution >= 4 is 11.9 Å². The molecule has 0 saturated heterocycles. The number of carbonyl (C=O) groups is 1. The molecule has 102 valence electrons. The molecule has 2 rings (SSSR count). The first-order chi connectivity index (χ1) is 9.74. The van der Waals surface area contributed by atoms with Crippen molar-refractivity contribution in [2.45, 2.75) is 0 Å². The molecule has 0 unspecified atom stereocenters. The largest absolute Gasteiger partial charge is 0.497 e. The Hall–Kier alpha value is -2.62. The van der Waals surface area contributed by atoms with E-state index in [1.807, 2.05) is 12.1 Å². The first-order valence-electron chi connectivity index (χ1n) is 6.09. The standard InChI is InChI=1S/C16H15NO3/c1-19-13-4-5-14(16(11-13)20-2)15(18)6-3-12-7-9-17-10-8-12/h3-11H,1-2H3/b6-3+. The molecule has 0 N–H and O–H groups in total. The van der Waals surface area contributed by atoms with E-state index in [0.29, 0.717) is 17.1 Å². The maximum Gasteiger partial charge on any atom is 0.189 e. The van der Waals surface area contributed by atoms with Crippen LogP contribution in [-0.4, -0.2) is 25.0 Å². The van der Waals surface area contributed by atoms with Crippen molar-refractivity contribution in [3.63, 3.8) is 0 Å². The summed E-state index contributed by atoms with van der Waals surface area (Å²) in [6.45, 7) is 0. The fraction of sp³-hybridized carbons (Fsp3) is 0.125. The van der Waals surface area contributed by atoms with Gasteiger partial charge in [-0.15, -0.1) is 0 Å². The second kappa shape index (κ2) is 6.52. The minimum atomic E-state index is -0.124. The number of methoxy groups -OCH3 is 2. The van der Waals surface area contributed by atoms with Gasteiger partial charge in [0.25, 0.3) is 0 Å². The van der Waals surface area contributed by atoms with E-state index >= 15 is 0 Å². The van der Waals surface area contributed by atoms with Gasteiger partial charge in [0.2, 0.25) is 0 Å². The summed E-state index contributed by atoms with van der Waals surface area (Å²) >= 11 is 0. The number of ether oxygens (including phenoxy) is 2. The third-order valence-corrected chi connectivity index (χ3v) is 2.81. The van der Waals surface area contributed by atoms with Crippen LogP contribution in [0.25, 0.3) is 6.08 Å². The number of ketones is 1. The molecule has 1 heterocycles. The Balaban J connectivity index is 2.23. The molecule has 0 atom stereocenters. The van der Waals surface area contributed by atoms with Gasteiger partial charge in [-0.05, 0) is 35.9 Å². The van der Waals surface area contributed by atoms with Crippen LogP contribution in [-0.2, 0) is 0 Å². The molecule has 0 fully saturated rings. The fourth-order valence-corrected chi connectivity index (χ4v) is 1.74. The van der Waals surface area contributed by atoms with Crippen molar-refractivity contribution < 1.29 is 14.3 Å². The molecule has 0 aliphatic heterocycles.